The molecule has 1 aliphatic heterocycles. The maximum Gasteiger partial charge on any atom is 0.234 e. The van der Waals surface area contributed by atoms with Crippen LogP contribution in [0.4, 0.5) is 0 Å². The summed E-state index contributed by atoms with van der Waals surface area (Å²) in [4.78, 5) is 24.3. The molecule has 0 N–H and O–H groups in total. The molecule has 18 heavy (non-hydrogen) atoms. The smallest absolute Gasteiger partial charge is 0.234 e. The minimum atomic E-state index is -0.615. The number of ketones is 2. The fourth-order valence-corrected chi connectivity index (χ4v) is 2.42. The first kappa shape index (κ1) is 11.0. The third-order valence-electron chi connectivity index (χ3n) is 3.62. The minimum Gasteiger partial charge on any atom is -0.460 e. The number of ether oxygens (including phenoxy) is 1. The number of Topliss-reactive ketones (excluding diaryl/α,β-unsaturated/α-hetero) is 2. The van der Waals surface area contributed by atoms with Gasteiger partial charge in [0.2, 0.25) is 11.6 Å². The molecule has 2 aliphatic rings. The van der Waals surface area contributed by atoms with Crippen LogP contribution in [0.1, 0.15) is 29.8 Å². The molecule has 0 aromatic heterocycles. The van der Waals surface area contributed by atoms with Crippen LogP contribution in [-0.2, 0) is 9.53 Å². The predicted octanol–water partition coefficient (Wildman–Crippen LogP) is 2.73. The van der Waals surface area contributed by atoms with Gasteiger partial charge in [-0.25, -0.2) is 0 Å². The Morgan fingerprint density at radius 2 is 1.67 bits per heavy atom. The Morgan fingerprint density at radius 3 is 2.33 bits per heavy atom. The van der Waals surface area contributed by atoms with Gasteiger partial charge < -0.3 is 4.74 Å². The number of allylic oxidation sites excluding steroid dienone is 1. The standard InChI is InChI=1S/C15H12O3/c1-8-15(2,3)11-13(17)12(16)9-6-4-5-7-10(9)14(11)18-8/h4-7H,1H2,2-3H3. The first-order chi connectivity index (χ1) is 8.44. The molecule has 0 unspecified atom stereocenters. The van der Waals surface area contributed by atoms with Crippen LogP contribution in [0.25, 0.3) is 5.76 Å². The molecule has 0 atom stereocenters. The van der Waals surface area contributed by atoms with Gasteiger partial charge in [0.05, 0.1) is 11.0 Å². The molecule has 1 heterocycles. The van der Waals surface area contributed by atoms with E-state index in [1.165, 1.54) is 0 Å². The molecule has 3 heteroatoms. The Balaban J connectivity index is 2.36. The molecule has 0 bridgehead atoms. The van der Waals surface area contributed by atoms with E-state index in [1.807, 2.05) is 19.9 Å². The Hall–Kier alpha value is -2.16. The Bertz CT molecular complexity index is 647. The van der Waals surface area contributed by atoms with E-state index in [9.17, 15) is 9.59 Å². The number of fused-ring (bicyclic) bond motifs is 2. The van der Waals surface area contributed by atoms with Crippen LogP contribution < -0.4 is 0 Å². The lowest BCUT2D eigenvalue weighted by Crippen LogP contribution is -2.28. The minimum absolute atomic E-state index is 0.409. The first-order valence-electron chi connectivity index (χ1n) is 5.75. The van der Waals surface area contributed by atoms with Crippen LogP contribution in [0.2, 0.25) is 0 Å². The number of hydrogen-bond acceptors (Lipinski definition) is 3. The van der Waals surface area contributed by atoms with E-state index in [1.54, 1.807) is 18.2 Å². The third-order valence-corrected chi connectivity index (χ3v) is 3.62. The van der Waals surface area contributed by atoms with Gasteiger partial charge in [-0.15, -0.1) is 0 Å². The van der Waals surface area contributed by atoms with E-state index in [4.69, 9.17) is 4.74 Å². The highest BCUT2D eigenvalue weighted by Crippen LogP contribution is 2.50. The van der Waals surface area contributed by atoms with Crippen LogP contribution in [0.5, 0.6) is 0 Å². The van der Waals surface area contributed by atoms with Crippen LogP contribution in [0, 0.1) is 5.41 Å². The molecule has 0 fully saturated rings. The second-order valence-corrected chi connectivity index (χ2v) is 5.06. The van der Waals surface area contributed by atoms with Gasteiger partial charge in [0.1, 0.15) is 11.5 Å². The van der Waals surface area contributed by atoms with Gasteiger partial charge in [-0.3, -0.25) is 9.59 Å². The van der Waals surface area contributed by atoms with Gasteiger partial charge in [0, 0.05) is 11.1 Å². The van der Waals surface area contributed by atoms with Gasteiger partial charge in [-0.1, -0.05) is 30.8 Å². The van der Waals surface area contributed by atoms with E-state index in [-0.39, 0.29) is 0 Å². The summed E-state index contributed by atoms with van der Waals surface area (Å²) in [7, 11) is 0. The molecule has 3 rings (SSSR count). The van der Waals surface area contributed by atoms with Crippen molar-refractivity contribution in [2.24, 2.45) is 5.41 Å². The van der Waals surface area contributed by atoms with Crippen molar-refractivity contribution in [1.82, 2.24) is 0 Å². The van der Waals surface area contributed by atoms with Crippen LogP contribution in [-0.4, -0.2) is 11.6 Å². The maximum absolute atomic E-state index is 12.2. The van der Waals surface area contributed by atoms with Crippen molar-refractivity contribution < 1.29 is 14.3 Å². The normalized spacial score (nSPS) is 20.7. The topological polar surface area (TPSA) is 43.4 Å². The molecule has 1 aromatic carbocycles. The Morgan fingerprint density at radius 1 is 1.06 bits per heavy atom. The van der Waals surface area contributed by atoms with E-state index < -0.39 is 17.0 Å². The Labute approximate surface area is 105 Å². The van der Waals surface area contributed by atoms with Crippen molar-refractivity contribution in [3.63, 3.8) is 0 Å². The lowest BCUT2D eigenvalue weighted by molar-refractivity contribution is -0.112. The second-order valence-electron chi connectivity index (χ2n) is 5.06. The van der Waals surface area contributed by atoms with Crippen molar-refractivity contribution in [3.8, 4) is 0 Å². The van der Waals surface area contributed by atoms with E-state index in [0.717, 1.165) is 0 Å². The predicted molar refractivity (Wildman–Crippen MR) is 66.7 cm³/mol. The highest BCUT2D eigenvalue weighted by Gasteiger charge is 2.48. The van der Waals surface area contributed by atoms with E-state index in [0.29, 0.717) is 28.2 Å². The highest BCUT2D eigenvalue weighted by molar-refractivity contribution is 6.52. The summed E-state index contributed by atoms with van der Waals surface area (Å²) in [6.07, 6.45) is 0. The zero-order valence-corrected chi connectivity index (χ0v) is 10.2. The Kier molecular flexibility index (Phi) is 1.94. The fraction of sp³-hybridized carbons (Fsp3) is 0.200. The molecule has 1 aromatic rings. The SMILES string of the molecule is C=C1OC2=C(C(=O)C(=O)c3ccccc32)C1(C)C. The fourth-order valence-electron chi connectivity index (χ4n) is 2.42. The van der Waals surface area contributed by atoms with Crippen LogP contribution in [0.3, 0.4) is 0 Å². The van der Waals surface area contributed by atoms with Crippen LogP contribution >= 0.6 is 0 Å². The summed E-state index contributed by atoms with van der Waals surface area (Å²) < 4.78 is 5.64. The molecular weight excluding hydrogens is 228 g/mol. The molecule has 0 radical (unpaired) electrons. The maximum atomic E-state index is 12.2. The van der Waals surface area contributed by atoms with Crippen molar-refractivity contribution in [1.29, 1.82) is 0 Å². The molecular formula is C15H12O3. The van der Waals surface area contributed by atoms with Crippen LogP contribution in [0.15, 0.2) is 42.2 Å². The summed E-state index contributed by atoms with van der Waals surface area (Å²) >= 11 is 0. The largest absolute Gasteiger partial charge is 0.460 e. The number of hydrogen-bond donors (Lipinski definition) is 0. The van der Waals surface area contributed by atoms with Gasteiger partial charge in [0.25, 0.3) is 0 Å². The monoisotopic (exact) mass is 240 g/mol. The average molecular weight is 240 g/mol. The zero-order chi connectivity index (χ0) is 13.1. The van der Waals surface area contributed by atoms with Crippen molar-refractivity contribution >= 4 is 17.3 Å². The van der Waals surface area contributed by atoms with Gasteiger partial charge in [0.15, 0.2) is 0 Å². The third kappa shape index (κ3) is 1.13. The summed E-state index contributed by atoms with van der Waals surface area (Å²) in [6.45, 7) is 7.52. The van der Waals surface area contributed by atoms with Gasteiger partial charge in [-0.2, -0.15) is 0 Å². The average Bonchev–Trinajstić information content (AvgIpc) is 2.58. The molecule has 3 nitrogen and oxygen atoms in total. The number of carbonyl (C=O) groups excluding carboxylic acids is 2. The molecule has 0 spiro atoms. The lowest BCUT2D eigenvalue weighted by atomic mass is 9.76. The first-order valence-corrected chi connectivity index (χ1v) is 5.75. The van der Waals surface area contributed by atoms with E-state index in [2.05, 4.69) is 6.58 Å². The number of rotatable bonds is 0. The summed E-state index contributed by atoms with van der Waals surface area (Å²) in [5.74, 6) is 0.0543. The second kappa shape index (κ2) is 3.19. The van der Waals surface area contributed by atoms with E-state index >= 15 is 0 Å². The molecule has 0 amide bonds. The van der Waals surface area contributed by atoms with Gasteiger partial charge >= 0.3 is 0 Å². The van der Waals surface area contributed by atoms with Crippen molar-refractivity contribution in [2.45, 2.75) is 13.8 Å². The summed E-state index contributed by atoms with van der Waals surface area (Å²) in [6, 6.07) is 7.01. The highest BCUT2D eigenvalue weighted by atomic mass is 16.5. The number of carbonyl (C=O) groups is 2. The van der Waals surface area contributed by atoms with Gasteiger partial charge in [-0.05, 0) is 13.8 Å². The summed E-state index contributed by atoms with van der Waals surface area (Å²) in [5.41, 5.74) is 0.905. The summed E-state index contributed by atoms with van der Waals surface area (Å²) in [5, 5.41) is 0. The molecule has 1 aliphatic carbocycles. The lowest BCUT2D eigenvalue weighted by Gasteiger charge is -2.21. The van der Waals surface area contributed by atoms with Crippen molar-refractivity contribution in [3.05, 3.63) is 53.3 Å². The molecule has 0 saturated carbocycles. The van der Waals surface area contributed by atoms with Crippen molar-refractivity contribution in [2.75, 3.05) is 0 Å². The quantitative estimate of drug-likeness (QED) is 0.655. The molecule has 90 valence electrons. The number of benzene rings is 1. The molecule has 0 saturated heterocycles. The zero-order valence-electron chi connectivity index (χ0n) is 10.2.